The normalized spacial score (nSPS) is 21.0. The van der Waals surface area contributed by atoms with Gasteiger partial charge in [-0.15, -0.1) is 0 Å². The molecule has 128 valence electrons. The molecule has 0 atom stereocenters. The van der Waals surface area contributed by atoms with Crippen molar-refractivity contribution >= 4 is 0 Å². The van der Waals surface area contributed by atoms with Crippen LogP contribution in [0.2, 0.25) is 0 Å². The molecular weight excluding hydrogens is 302 g/mol. The number of hydrogen-bond acceptors (Lipinski definition) is 0. The Labute approximate surface area is 143 Å². The van der Waals surface area contributed by atoms with E-state index in [1.807, 2.05) is 12.1 Å². The van der Waals surface area contributed by atoms with E-state index in [0.29, 0.717) is 17.0 Å². The molecular formula is C22H26F2. The third kappa shape index (κ3) is 3.53. The van der Waals surface area contributed by atoms with E-state index in [2.05, 4.69) is 19.1 Å². The van der Waals surface area contributed by atoms with E-state index in [1.54, 1.807) is 19.1 Å². The van der Waals surface area contributed by atoms with Crippen molar-refractivity contribution in [2.45, 2.75) is 58.3 Å². The fourth-order valence-corrected chi connectivity index (χ4v) is 4.00. The van der Waals surface area contributed by atoms with Crippen LogP contribution in [0.1, 0.15) is 62.5 Å². The molecule has 2 aromatic carbocycles. The van der Waals surface area contributed by atoms with Gasteiger partial charge in [-0.2, -0.15) is 0 Å². The first kappa shape index (κ1) is 17.1. The monoisotopic (exact) mass is 328 g/mol. The third-order valence-electron chi connectivity index (χ3n) is 5.51. The number of benzene rings is 2. The Bertz CT molecular complexity index is 680. The highest BCUT2D eigenvalue weighted by Gasteiger charge is 2.22. The molecule has 3 rings (SSSR count). The smallest absolute Gasteiger partial charge is 0.166 e. The molecule has 0 saturated heterocycles. The minimum atomic E-state index is -0.747. The molecule has 1 fully saturated rings. The summed E-state index contributed by atoms with van der Waals surface area (Å²) in [6.45, 7) is 3.85. The Morgan fingerprint density at radius 2 is 1.54 bits per heavy atom. The third-order valence-corrected chi connectivity index (χ3v) is 5.51. The predicted molar refractivity (Wildman–Crippen MR) is 96.1 cm³/mol. The van der Waals surface area contributed by atoms with Crippen LogP contribution in [0, 0.1) is 24.5 Å². The fourth-order valence-electron chi connectivity index (χ4n) is 4.00. The molecule has 0 heterocycles. The first-order valence-corrected chi connectivity index (χ1v) is 9.15. The van der Waals surface area contributed by atoms with Crippen molar-refractivity contribution in [2.75, 3.05) is 0 Å². The molecule has 0 N–H and O–H groups in total. The van der Waals surface area contributed by atoms with Crippen LogP contribution in [-0.2, 0) is 0 Å². The molecule has 0 radical (unpaired) electrons. The van der Waals surface area contributed by atoms with Crippen LogP contribution >= 0.6 is 0 Å². The molecule has 0 bridgehead atoms. The van der Waals surface area contributed by atoms with Gasteiger partial charge in [0.25, 0.3) is 0 Å². The quantitative estimate of drug-likeness (QED) is 0.566. The highest BCUT2D eigenvalue weighted by atomic mass is 19.2. The van der Waals surface area contributed by atoms with Crippen LogP contribution in [0.5, 0.6) is 0 Å². The second-order valence-electron chi connectivity index (χ2n) is 7.19. The van der Waals surface area contributed by atoms with Gasteiger partial charge in [-0.3, -0.25) is 0 Å². The largest absolute Gasteiger partial charge is 0.203 e. The topological polar surface area (TPSA) is 0 Å². The van der Waals surface area contributed by atoms with Crippen molar-refractivity contribution in [2.24, 2.45) is 5.92 Å². The standard InChI is InChI=1S/C22H26F2/c1-3-4-16-6-8-17(9-7-16)18-10-12-19(13-11-18)20-14-5-15(2)21(23)22(20)24/h5,10-14,16-17H,3-4,6-9H2,1-2H3. The fraction of sp³-hybridized carbons (Fsp3) is 0.455. The molecule has 2 heteroatoms. The van der Waals surface area contributed by atoms with Crippen LogP contribution in [-0.4, -0.2) is 0 Å². The van der Waals surface area contributed by atoms with E-state index in [0.717, 1.165) is 11.5 Å². The van der Waals surface area contributed by atoms with E-state index in [9.17, 15) is 8.78 Å². The summed E-state index contributed by atoms with van der Waals surface area (Å²) in [5.41, 5.74) is 2.77. The Hall–Kier alpha value is -1.70. The van der Waals surface area contributed by atoms with Crippen molar-refractivity contribution in [3.8, 4) is 11.1 Å². The summed E-state index contributed by atoms with van der Waals surface area (Å²) >= 11 is 0. The van der Waals surface area contributed by atoms with Gasteiger partial charge in [0.05, 0.1) is 0 Å². The number of halogens is 2. The summed E-state index contributed by atoms with van der Waals surface area (Å²) in [4.78, 5) is 0. The molecule has 0 aliphatic heterocycles. The Morgan fingerprint density at radius 3 is 2.17 bits per heavy atom. The van der Waals surface area contributed by atoms with Gasteiger partial charge < -0.3 is 0 Å². The Balaban J connectivity index is 1.74. The van der Waals surface area contributed by atoms with Crippen molar-refractivity contribution in [1.82, 2.24) is 0 Å². The molecule has 0 amide bonds. The molecule has 0 aromatic heterocycles. The molecule has 24 heavy (non-hydrogen) atoms. The maximum atomic E-state index is 14.1. The summed E-state index contributed by atoms with van der Waals surface area (Å²) in [7, 11) is 0. The van der Waals surface area contributed by atoms with E-state index < -0.39 is 11.6 Å². The molecule has 0 spiro atoms. The van der Waals surface area contributed by atoms with Crippen molar-refractivity contribution < 1.29 is 8.78 Å². The maximum absolute atomic E-state index is 14.1. The number of aryl methyl sites for hydroxylation is 1. The van der Waals surface area contributed by atoms with Gasteiger partial charge in [0.1, 0.15) is 0 Å². The van der Waals surface area contributed by atoms with Crippen LogP contribution in [0.4, 0.5) is 8.78 Å². The highest BCUT2D eigenvalue weighted by Crippen LogP contribution is 2.38. The molecule has 0 unspecified atom stereocenters. The predicted octanol–water partition coefficient (Wildman–Crippen LogP) is 7.01. The highest BCUT2D eigenvalue weighted by molar-refractivity contribution is 5.65. The summed E-state index contributed by atoms with van der Waals surface area (Å²) in [6, 6.07) is 11.4. The minimum Gasteiger partial charge on any atom is -0.203 e. The van der Waals surface area contributed by atoms with Crippen LogP contribution in [0.3, 0.4) is 0 Å². The number of rotatable bonds is 4. The van der Waals surface area contributed by atoms with Crippen LogP contribution < -0.4 is 0 Å². The van der Waals surface area contributed by atoms with Gasteiger partial charge >= 0.3 is 0 Å². The first-order valence-electron chi connectivity index (χ1n) is 9.15. The van der Waals surface area contributed by atoms with Crippen molar-refractivity contribution in [3.63, 3.8) is 0 Å². The summed E-state index contributed by atoms with van der Waals surface area (Å²) in [6.07, 6.45) is 7.76. The van der Waals surface area contributed by atoms with Crippen LogP contribution in [0.25, 0.3) is 11.1 Å². The average Bonchev–Trinajstić information content (AvgIpc) is 2.61. The zero-order chi connectivity index (χ0) is 17.1. The lowest BCUT2D eigenvalue weighted by Gasteiger charge is -2.28. The van der Waals surface area contributed by atoms with Gasteiger partial charge in [-0.05, 0) is 61.1 Å². The van der Waals surface area contributed by atoms with E-state index >= 15 is 0 Å². The zero-order valence-corrected chi connectivity index (χ0v) is 14.6. The first-order chi connectivity index (χ1) is 11.6. The molecule has 1 aliphatic rings. The lowest BCUT2D eigenvalue weighted by atomic mass is 9.77. The average molecular weight is 328 g/mol. The van der Waals surface area contributed by atoms with Crippen molar-refractivity contribution in [1.29, 1.82) is 0 Å². The summed E-state index contributed by atoms with van der Waals surface area (Å²) < 4.78 is 27.9. The van der Waals surface area contributed by atoms with E-state index in [1.165, 1.54) is 44.1 Å². The zero-order valence-electron chi connectivity index (χ0n) is 14.6. The van der Waals surface area contributed by atoms with E-state index in [-0.39, 0.29) is 0 Å². The number of hydrogen-bond donors (Lipinski definition) is 0. The SMILES string of the molecule is CCCC1CCC(c2ccc(-c3ccc(C)c(F)c3F)cc2)CC1. The second-order valence-corrected chi connectivity index (χ2v) is 7.19. The minimum absolute atomic E-state index is 0.344. The molecule has 1 aliphatic carbocycles. The lowest BCUT2D eigenvalue weighted by molar-refractivity contribution is 0.308. The van der Waals surface area contributed by atoms with Gasteiger partial charge in [-0.1, -0.05) is 56.2 Å². The Morgan fingerprint density at radius 1 is 0.875 bits per heavy atom. The lowest BCUT2D eigenvalue weighted by Crippen LogP contribution is -2.13. The Kier molecular flexibility index (Phi) is 5.33. The van der Waals surface area contributed by atoms with E-state index in [4.69, 9.17) is 0 Å². The second kappa shape index (κ2) is 7.46. The summed E-state index contributed by atoms with van der Waals surface area (Å²) in [5.74, 6) is 0.0237. The molecule has 1 saturated carbocycles. The molecule has 0 nitrogen and oxygen atoms in total. The van der Waals surface area contributed by atoms with Gasteiger partial charge in [-0.25, -0.2) is 8.78 Å². The van der Waals surface area contributed by atoms with Crippen LogP contribution in [0.15, 0.2) is 36.4 Å². The van der Waals surface area contributed by atoms with Crippen molar-refractivity contribution in [3.05, 3.63) is 59.2 Å². The van der Waals surface area contributed by atoms with Gasteiger partial charge in [0, 0.05) is 5.56 Å². The summed E-state index contributed by atoms with van der Waals surface area (Å²) in [5, 5.41) is 0. The van der Waals surface area contributed by atoms with Gasteiger partial charge in [0.15, 0.2) is 11.6 Å². The van der Waals surface area contributed by atoms with Gasteiger partial charge in [0.2, 0.25) is 0 Å². The molecule has 2 aromatic rings. The maximum Gasteiger partial charge on any atom is 0.166 e.